The number of rotatable bonds is 5. The lowest BCUT2D eigenvalue weighted by molar-refractivity contribution is -0.687. The van der Waals surface area contributed by atoms with Gasteiger partial charge in [0, 0.05) is 12.5 Å². The summed E-state index contributed by atoms with van der Waals surface area (Å²) in [6.07, 6.45) is 7.14. The lowest BCUT2D eigenvalue weighted by atomic mass is 10.1. The first-order valence-corrected chi connectivity index (χ1v) is 4.91. The minimum absolute atomic E-state index is 0. The standard InChI is InChI=1S/C12H16NO.BrH/c1-3-6-12(14)11-7-5-9-13(10-11)8-4-2;/h4-5,7,9-10H,2-3,6,8H2,1H3;1H/q+1;/p-1. The summed E-state index contributed by atoms with van der Waals surface area (Å²) in [5.41, 5.74) is 0.788. The van der Waals surface area contributed by atoms with Gasteiger partial charge in [0.1, 0.15) is 0 Å². The summed E-state index contributed by atoms with van der Waals surface area (Å²) < 4.78 is 1.95. The van der Waals surface area contributed by atoms with Gasteiger partial charge in [0.25, 0.3) is 0 Å². The molecule has 0 spiro atoms. The topological polar surface area (TPSA) is 20.9 Å². The normalized spacial score (nSPS) is 9.13. The van der Waals surface area contributed by atoms with E-state index in [4.69, 9.17) is 0 Å². The molecule has 0 aliphatic carbocycles. The molecule has 0 atom stereocenters. The van der Waals surface area contributed by atoms with Crippen molar-refractivity contribution >= 4 is 5.78 Å². The number of pyridine rings is 1. The van der Waals surface area contributed by atoms with Crippen molar-refractivity contribution in [1.29, 1.82) is 0 Å². The molecule has 0 aliphatic rings. The first kappa shape index (κ1) is 14.0. The fourth-order valence-corrected chi connectivity index (χ4v) is 1.32. The van der Waals surface area contributed by atoms with Gasteiger partial charge in [-0.15, -0.1) is 0 Å². The largest absolute Gasteiger partial charge is 1.00 e. The molecule has 0 unspecified atom stereocenters. The molecule has 0 N–H and O–H groups in total. The summed E-state index contributed by atoms with van der Waals surface area (Å²) in [6.45, 7) is 6.42. The van der Waals surface area contributed by atoms with Crippen LogP contribution in [-0.2, 0) is 6.54 Å². The van der Waals surface area contributed by atoms with Gasteiger partial charge in [0.2, 0.25) is 0 Å². The van der Waals surface area contributed by atoms with E-state index in [1.807, 2.05) is 42.1 Å². The summed E-state index contributed by atoms with van der Waals surface area (Å²) in [6, 6.07) is 3.75. The van der Waals surface area contributed by atoms with Crippen LogP contribution >= 0.6 is 0 Å². The second-order valence-corrected chi connectivity index (χ2v) is 3.25. The molecule has 0 fully saturated rings. The Morgan fingerprint density at radius 2 is 2.33 bits per heavy atom. The molecule has 1 heterocycles. The molecule has 0 aliphatic heterocycles. The third kappa shape index (κ3) is 4.38. The van der Waals surface area contributed by atoms with Crippen LogP contribution in [0.5, 0.6) is 0 Å². The third-order valence-electron chi connectivity index (χ3n) is 2.00. The Bertz CT molecular complexity index is 336. The maximum Gasteiger partial charge on any atom is 0.179 e. The fraction of sp³-hybridized carbons (Fsp3) is 0.333. The fourth-order valence-electron chi connectivity index (χ4n) is 1.32. The van der Waals surface area contributed by atoms with E-state index < -0.39 is 0 Å². The van der Waals surface area contributed by atoms with E-state index in [0.29, 0.717) is 6.42 Å². The van der Waals surface area contributed by atoms with Crippen molar-refractivity contribution in [3.63, 3.8) is 0 Å². The van der Waals surface area contributed by atoms with Crippen LogP contribution in [0.1, 0.15) is 30.1 Å². The Morgan fingerprint density at radius 1 is 1.60 bits per heavy atom. The highest BCUT2D eigenvalue weighted by Gasteiger charge is 2.08. The van der Waals surface area contributed by atoms with Gasteiger partial charge in [-0.2, -0.15) is 0 Å². The molecule has 3 heteroatoms. The van der Waals surface area contributed by atoms with Crippen molar-refractivity contribution in [1.82, 2.24) is 0 Å². The van der Waals surface area contributed by atoms with Crippen molar-refractivity contribution in [3.8, 4) is 0 Å². The van der Waals surface area contributed by atoms with Crippen LogP contribution in [-0.4, -0.2) is 5.78 Å². The van der Waals surface area contributed by atoms with Gasteiger partial charge in [-0.25, -0.2) is 4.57 Å². The number of ketones is 1. The Balaban J connectivity index is 0.00000196. The smallest absolute Gasteiger partial charge is 0.179 e. The summed E-state index contributed by atoms with van der Waals surface area (Å²) in [5, 5.41) is 0. The van der Waals surface area contributed by atoms with Crippen LogP contribution in [0.15, 0.2) is 37.2 Å². The zero-order valence-corrected chi connectivity index (χ0v) is 10.5. The zero-order chi connectivity index (χ0) is 10.4. The van der Waals surface area contributed by atoms with Crippen LogP contribution in [0.4, 0.5) is 0 Å². The Morgan fingerprint density at radius 3 is 2.93 bits per heavy atom. The molecule has 2 nitrogen and oxygen atoms in total. The number of nitrogens with zero attached hydrogens (tertiary/aromatic N) is 1. The molecule has 0 bridgehead atoms. The second kappa shape index (κ2) is 7.35. The van der Waals surface area contributed by atoms with Gasteiger partial charge >= 0.3 is 0 Å². The van der Waals surface area contributed by atoms with Crippen molar-refractivity contribution < 1.29 is 26.3 Å². The number of hydrogen-bond acceptors (Lipinski definition) is 1. The molecule has 0 saturated heterocycles. The minimum Gasteiger partial charge on any atom is -1.00 e. The number of aromatic nitrogens is 1. The number of carbonyl (C=O) groups excluding carboxylic acids is 1. The number of hydrogen-bond donors (Lipinski definition) is 0. The number of allylic oxidation sites excluding steroid dienone is 1. The number of halogens is 1. The van der Waals surface area contributed by atoms with Crippen LogP contribution in [0.2, 0.25) is 0 Å². The van der Waals surface area contributed by atoms with Gasteiger partial charge in [-0.05, 0) is 18.6 Å². The monoisotopic (exact) mass is 269 g/mol. The lowest BCUT2D eigenvalue weighted by Gasteiger charge is -1.97. The number of carbonyl (C=O) groups is 1. The third-order valence-corrected chi connectivity index (χ3v) is 2.00. The van der Waals surface area contributed by atoms with Gasteiger partial charge in [-0.1, -0.05) is 13.5 Å². The highest BCUT2D eigenvalue weighted by molar-refractivity contribution is 5.95. The predicted octanol–water partition coefficient (Wildman–Crippen LogP) is -0.853. The first-order chi connectivity index (χ1) is 6.77. The highest BCUT2D eigenvalue weighted by atomic mass is 79.9. The quantitative estimate of drug-likeness (QED) is 0.388. The van der Waals surface area contributed by atoms with Gasteiger partial charge < -0.3 is 17.0 Å². The Labute approximate surface area is 101 Å². The molecule has 0 aromatic carbocycles. The lowest BCUT2D eigenvalue weighted by Crippen LogP contribution is -3.00. The molecule has 0 amide bonds. The molecule has 1 aromatic rings. The average molecular weight is 270 g/mol. The zero-order valence-electron chi connectivity index (χ0n) is 8.95. The van der Waals surface area contributed by atoms with Crippen LogP contribution in [0.25, 0.3) is 0 Å². The molecular formula is C12H16BrNO. The van der Waals surface area contributed by atoms with E-state index in [1.165, 1.54) is 0 Å². The van der Waals surface area contributed by atoms with Gasteiger partial charge in [-0.3, -0.25) is 4.79 Å². The van der Waals surface area contributed by atoms with E-state index in [-0.39, 0.29) is 22.8 Å². The van der Waals surface area contributed by atoms with E-state index in [1.54, 1.807) is 0 Å². The van der Waals surface area contributed by atoms with E-state index in [9.17, 15) is 4.79 Å². The van der Waals surface area contributed by atoms with Crippen LogP contribution in [0.3, 0.4) is 0 Å². The molecule has 0 saturated carbocycles. The molecule has 82 valence electrons. The highest BCUT2D eigenvalue weighted by Crippen LogP contribution is 2.01. The Kier molecular flexibility index (Phi) is 6.88. The van der Waals surface area contributed by atoms with Crippen molar-refractivity contribution in [2.75, 3.05) is 0 Å². The molecule has 15 heavy (non-hydrogen) atoms. The summed E-state index contributed by atoms with van der Waals surface area (Å²) >= 11 is 0. The first-order valence-electron chi connectivity index (χ1n) is 4.91. The molecule has 0 radical (unpaired) electrons. The maximum atomic E-state index is 11.6. The van der Waals surface area contributed by atoms with E-state index in [0.717, 1.165) is 18.5 Å². The van der Waals surface area contributed by atoms with E-state index >= 15 is 0 Å². The maximum absolute atomic E-state index is 11.6. The second-order valence-electron chi connectivity index (χ2n) is 3.25. The molecule has 1 aromatic heterocycles. The van der Waals surface area contributed by atoms with E-state index in [2.05, 4.69) is 6.58 Å². The minimum atomic E-state index is 0. The Hall–Kier alpha value is -0.960. The molecular weight excluding hydrogens is 254 g/mol. The summed E-state index contributed by atoms with van der Waals surface area (Å²) in [7, 11) is 0. The summed E-state index contributed by atoms with van der Waals surface area (Å²) in [4.78, 5) is 11.6. The molecule has 1 rings (SSSR count). The number of Topliss-reactive ketones (excluding diaryl/α,β-unsaturated/α-hetero) is 1. The van der Waals surface area contributed by atoms with Crippen LogP contribution in [0, 0.1) is 0 Å². The van der Waals surface area contributed by atoms with Crippen molar-refractivity contribution in [3.05, 3.63) is 42.7 Å². The SMILES string of the molecule is C=CC[n+]1cccc(C(=O)CCC)c1.[Br-]. The van der Waals surface area contributed by atoms with Gasteiger partial charge in [0.15, 0.2) is 24.7 Å². The van der Waals surface area contributed by atoms with Gasteiger partial charge in [0.05, 0.1) is 5.56 Å². The van der Waals surface area contributed by atoms with Crippen LogP contribution < -0.4 is 21.5 Å². The van der Waals surface area contributed by atoms with Crippen molar-refractivity contribution in [2.24, 2.45) is 0 Å². The summed E-state index contributed by atoms with van der Waals surface area (Å²) in [5.74, 6) is 0.214. The predicted molar refractivity (Wildman–Crippen MR) is 56.1 cm³/mol. The average Bonchev–Trinajstić information content (AvgIpc) is 2.19. The van der Waals surface area contributed by atoms with Crippen molar-refractivity contribution in [2.45, 2.75) is 26.3 Å².